The van der Waals surface area contributed by atoms with E-state index in [1.54, 1.807) is 0 Å². The molecule has 0 unspecified atom stereocenters. The Labute approximate surface area is 88.7 Å². The van der Waals surface area contributed by atoms with Gasteiger partial charge < -0.3 is 0 Å². The SMILES string of the molecule is CC.O=Cc1cc(C(=O)C(F)(F)F)cs1. The lowest BCUT2D eigenvalue weighted by Gasteiger charge is -2.01. The molecule has 0 saturated carbocycles. The molecule has 0 aromatic carbocycles. The van der Waals surface area contributed by atoms with Crippen molar-refractivity contribution in [1.29, 1.82) is 0 Å². The van der Waals surface area contributed by atoms with Gasteiger partial charge >= 0.3 is 6.18 Å². The van der Waals surface area contributed by atoms with Crippen molar-refractivity contribution >= 4 is 23.4 Å². The number of ketones is 1. The second-order valence-corrected chi connectivity index (χ2v) is 3.13. The molecule has 1 heterocycles. The van der Waals surface area contributed by atoms with Gasteiger partial charge in [-0.1, -0.05) is 13.8 Å². The summed E-state index contributed by atoms with van der Waals surface area (Å²) in [7, 11) is 0. The number of hydrogen-bond donors (Lipinski definition) is 0. The Bertz CT molecular complexity index is 341. The Morgan fingerprint density at radius 1 is 1.40 bits per heavy atom. The van der Waals surface area contributed by atoms with Gasteiger partial charge in [-0.3, -0.25) is 9.59 Å². The normalized spacial score (nSPS) is 10.2. The molecule has 0 atom stereocenters. The van der Waals surface area contributed by atoms with Crippen LogP contribution < -0.4 is 0 Å². The highest BCUT2D eigenvalue weighted by Gasteiger charge is 2.39. The van der Waals surface area contributed by atoms with Gasteiger partial charge in [0.15, 0.2) is 6.29 Å². The monoisotopic (exact) mass is 238 g/mol. The minimum absolute atomic E-state index is 0.104. The van der Waals surface area contributed by atoms with Crippen LogP contribution in [0.1, 0.15) is 33.9 Å². The second-order valence-electron chi connectivity index (χ2n) is 2.18. The van der Waals surface area contributed by atoms with Crippen molar-refractivity contribution in [3.8, 4) is 0 Å². The molecule has 0 radical (unpaired) electrons. The maximum atomic E-state index is 11.8. The van der Waals surface area contributed by atoms with Gasteiger partial charge in [0.2, 0.25) is 0 Å². The molecule has 0 aliphatic carbocycles. The van der Waals surface area contributed by atoms with Crippen LogP contribution in [0.5, 0.6) is 0 Å². The fourth-order valence-electron chi connectivity index (χ4n) is 0.697. The largest absolute Gasteiger partial charge is 0.454 e. The first-order valence-electron chi connectivity index (χ1n) is 4.10. The fourth-order valence-corrected chi connectivity index (χ4v) is 1.39. The van der Waals surface area contributed by atoms with Gasteiger partial charge in [-0.25, -0.2) is 0 Å². The van der Waals surface area contributed by atoms with Crippen molar-refractivity contribution in [3.63, 3.8) is 0 Å². The van der Waals surface area contributed by atoms with E-state index in [1.807, 2.05) is 13.8 Å². The summed E-state index contributed by atoms with van der Waals surface area (Å²) in [6.45, 7) is 4.00. The summed E-state index contributed by atoms with van der Waals surface area (Å²) in [5.74, 6) is -1.92. The molecule has 0 saturated heterocycles. The van der Waals surface area contributed by atoms with E-state index in [2.05, 4.69) is 0 Å². The number of rotatable bonds is 2. The van der Waals surface area contributed by atoms with E-state index in [4.69, 9.17) is 0 Å². The molecule has 0 bridgehead atoms. The minimum Gasteiger partial charge on any atom is -0.297 e. The molecule has 0 aliphatic heterocycles. The summed E-state index contributed by atoms with van der Waals surface area (Å²) in [5, 5.41) is 1.01. The predicted molar refractivity (Wildman–Crippen MR) is 51.4 cm³/mol. The first-order valence-corrected chi connectivity index (χ1v) is 4.98. The summed E-state index contributed by atoms with van der Waals surface area (Å²) < 4.78 is 35.4. The average Bonchev–Trinajstić information content (AvgIpc) is 2.66. The molecule has 84 valence electrons. The van der Waals surface area contributed by atoms with E-state index < -0.39 is 17.5 Å². The summed E-state index contributed by atoms with van der Waals surface area (Å²) in [6, 6.07) is 0.924. The van der Waals surface area contributed by atoms with Crippen molar-refractivity contribution < 1.29 is 22.8 Å². The van der Waals surface area contributed by atoms with Crippen LogP contribution in [-0.2, 0) is 0 Å². The standard InChI is InChI=1S/C7H3F3O2S.C2H6/c8-7(9,10)6(12)4-1-5(2-11)13-3-4;1-2/h1-3H;1-2H3. The van der Waals surface area contributed by atoms with E-state index in [1.165, 1.54) is 0 Å². The second kappa shape index (κ2) is 5.65. The molecule has 15 heavy (non-hydrogen) atoms. The van der Waals surface area contributed by atoms with Gasteiger partial charge in [-0.05, 0) is 6.07 Å². The number of carbonyl (C=O) groups is 2. The van der Waals surface area contributed by atoms with Crippen LogP contribution in [0.4, 0.5) is 13.2 Å². The molecule has 0 spiro atoms. The Morgan fingerprint density at radius 3 is 2.27 bits per heavy atom. The Kier molecular flexibility index (Phi) is 5.21. The number of hydrogen-bond acceptors (Lipinski definition) is 3. The van der Waals surface area contributed by atoms with Gasteiger partial charge in [0.1, 0.15) is 0 Å². The third kappa shape index (κ3) is 3.83. The lowest BCUT2D eigenvalue weighted by Crippen LogP contribution is -2.21. The minimum atomic E-state index is -4.87. The summed E-state index contributed by atoms with van der Waals surface area (Å²) >= 11 is 0.805. The summed E-state index contributed by atoms with van der Waals surface area (Å²) in [4.78, 5) is 20.8. The van der Waals surface area contributed by atoms with Crippen molar-refractivity contribution in [1.82, 2.24) is 0 Å². The van der Waals surface area contributed by atoms with Crippen LogP contribution in [0.3, 0.4) is 0 Å². The molecule has 0 N–H and O–H groups in total. The lowest BCUT2D eigenvalue weighted by atomic mass is 10.2. The van der Waals surface area contributed by atoms with E-state index in [0.717, 1.165) is 22.8 Å². The maximum Gasteiger partial charge on any atom is 0.454 e. The number of halogens is 3. The van der Waals surface area contributed by atoms with Crippen molar-refractivity contribution in [2.45, 2.75) is 20.0 Å². The molecular formula is C9H9F3O2S. The highest BCUT2D eigenvalue weighted by Crippen LogP contribution is 2.24. The smallest absolute Gasteiger partial charge is 0.297 e. The van der Waals surface area contributed by atoms with Gasteiger partial charge in [-0.2, -0.15) is 13.2 Å². The number of alkyl halides is 3. The first-order chi connectivity index (χ1) is 6.95. The number of aldehydes is 1. The van der Waals surface area contributed by atoms with Crippen LogP contribution >= 0.6 is 11.3 Å². The molecule has 2 nitrogen and oxygen atoms in total. The van der Waals surface area contributed by atoms with E-state index in [-0.39, 0.29) is 4.88 Å². The zero-order valence-corrected chi connectivity index (χ0v) is 8.91. The van der Waals surface area contributed by atoms with Crippen molar-refractivity contribution in [3.05, 3.63) is 21.9 Å². The quantitative estimate of drug-likeness (QED) is 0.585. The number of carbonyl (C=O) groups excluding carboxylic acids is 2. The molecule has 1 aromatic rings. The summed E-state index contributed by atoms with van der Waals surface area (Å²) in [6.07, 6.45) is -4.47. The highest BCUT2D eigenvalue weighted by molar-refractivity contribution is 7.12. The van der Waals surface area contributed by atoms with Gasteiger partial charge in [0, 0.05) is 10.9 Å². The summed E-state index contributed by atoms with van der Waals surface area (Å²) in [5.41, 5.74) is -0.486. The average molecular weight is 238 g/mol. The zero-order chi connectivity index (χ0) is 12.1. The maximum absolute atomic E-state index is 11.8. The number of thiophene rings is 1. The molecule has 0 amide bonds. The first kappa shape index (κ1) is 13.8. The molecule has 1 aromatic heterocycles. The van der Waals surface area contributed by atoms with Crippen molar-refractivity contribution in [2.75, 3.05) is 0 Å². The van der Waals surface area contributed by atoms with Crippen LogP contribution in [0, 0.1) is 0 Å². The fraction of sp³-hybridized carbons (Fsp3) is 0.333. The van der Waals surface area contributed by atoms with E-state index in [0.29, 0.717) is 6.29 Å². The Balaban J connectivity index is 0.000000921. The number of Topliss-reactive ketones (excluding diaryl/α,β-unsaturated/α-hetero) is 1. The van der Waals surface area contributed by atoms with Gasteiger partial charge in [0.05, 0.1) is 4.88 Å². The topological polar surface area (TPSA) is 34.1 Å². The third-order valence-electron chi connectivity index (χ3n) is 1.26. The van der Waals surface area contributed by atoms with Crippen LogP contribution in [0.15, 0.2) is 11.4 Å². The van der Waals surface area contributed by atoms with Gasteiger partial charge in [-0.15, -0.1) is 11.3 Å². The Hall–Kier alpha value is -1.17. The molecule has 0 aliphatic rings. The third-order valence-corrected chi connectivity index (χ3v) is 2.11. The predicted octanol–water partition coefficient (Wildman–Crippen LogP) is 3.33. The lowest BCUT2D eigenvalue weighted by molar-refractivity contribution is -0.0884. The zero-order valence-electron chi connectivity index (χ0n) is 8.09. The van der Waals surface area contributed by atoms with Crippen molar-refractivity contribution in [2.24, 2.45) is 0 Å². The van der Waals surface area contributed by atoms with E-state index in [9.17, 15) is 22.8 Å². The highest BCUT2D eigenvalue weighted by atomic mass is 32.1. The van der Waals surface area contributed by atoms with E-state index >= 15 is 0 Å². The Morgan fingerprint density at radius 2 is 1.93 bits per heavy atom. The van der Waals surface area contributed by atoms with Crippen LogP contribution in [0.2, 0.25) is 0 Å². The van der Waals surface area contributed by atoms with Crippen LogP contribution in [-0.4, -0.2) is 18.2 Å². The molecular weight excluding hydrogens is 229 g/mol. The van der Waals surface area contributed by atoms with Gasteiger partial charge in [0.25, 0.3) is 5.78 Å². The molecule has 6 heteroatoms. The van der Waals surface area contributed by atoms with Crippen LogP contribution in [0.25, 0.3) is 0 Å². The molecule has 0 fully saturated rings. The molecule has 1 rings (SSSR count).